The molecule has 1 heterocycles. The van der Waals surface area contributed by atoms with Gasteiger partial charge in [0, 0.05) is 13.6 Å². The lowest BCUT2D eigenvalue weighted by molar-refractivity contribution is -0.144. The molecule has 0 radical (unpaired) electrons. The van der Waals surface area contributed by atoms with E-state index in [1.54, 1.807) is 18.9 Å². The summed E-state index contributed by atoms with van der Waals surface area (Å²) in [5.41, 5.74) is -0.361. The third-order valence-electron chi connectivity index (χ3n) is 2.51. The molecule has 0 saturated heterocycles. The zero-order valence-electron chi connectivity index (χ0n) is 10.9. The van der Waals surface area contributed by atoms with Gasteiger partial charge in [0.25, 0.3) is 5.56 Å². The number of nitrogens with zero attached hydrogens (tertiary/aromatic N) is 2. The average molecular weight is 255 g/mol. The lowest BCUT2D eigenvalue weighted by atomic mass is 10.2. The van der Waals surface area contributed by atoms with Crippen LogP contribution in [0.15, 0.2) is 11.1 Å². The zero-order valence-corrected chi connectivity index (χ0v) is 10.9. The molecular weight excluding hydrogens is 238 g/mol. The average Bonchev–Trinajstić information content (AvgIpc) is 2.37. The number of hydrogen-bond donors (Lipinski definition) is 1. The summed E-state index contributed by atoms with van der Waals surface area (Å²) in [4.78, 5) is 31.0. The number of carbonyl (C=O) groups excluding carboxylic acids is 1. The standard InChI is InChI=1S/C11H17N3O4/c1-7(11(16)18-4)5-14(2)9-8(17-3)10(15)13-6-12-9/h6-7H,5H2,1-4H3,(H,12,13,15). The molecule has 1 N–H and O–H groups in total. The van der Waals surface area contributed by atoms with Crippen LogP contribution in [0.25, 0.3) is 0 Å². The van der Waals surface area contributed by atoms with Gasteiger partial charge in [0.2, 0.25) is 5.75 Å². The van der Waals surface area contributed by atoms with Gasteiger partial charge in [-0.25, -0.2) is 4.98 Å². The van der Waals surface area contributed by atoms with Crippen molar-refractivity contribution >= 4 is 11.8 Å². The van der Waals surface area contributed by atoms with Crippen LogP contribution in [0.5, 0.6) is 5.75 Å². The van der Waals surface area contributed by atoms with Crippen molar-refractivity contribution < 1.29 is 14.3 Å². The molecule has 0 aromatic carbocycles. The number of esters is 1. The molecule has 1 unspecified atom stereocenters. The van der Waals surface area contributed by atoms with E-state index in [9.17, 15) is 9.59 Å². The van der Waals surface area contributed by atoms with Gasteiger partial charge in [0.15, 0.2) is 5.82 Å². The number of methoxy groups -OCH3 is 2. The van der Waals surface area contributed by atoms with E-state index in [1.165, 1.54) is 20.5 Å². The van der Waals surface area contributed by atoms with E-state index in [4.69, 9.17) is 4.74 Å². The summed E-state index contributed by atoms with van der Waals surface area (Å²) in [6, 6.07) is 0. The molecular formula is C11H17N3O4. The van der Waals surface area contributed by atoms with Crippen molar-refractivity contribution in [3.05, 3.63) is 16.7 Å². The molecule has 1 atom stereocenters. The van der Waals surface area contributed by atoms with E-state index in [-0.39, 0.29) is 23.2 Å². The summed E-state index contributed by atoms with van der Waals surface area (Å²) in [5, 5.41) is 0. The minimum absolute atomic E-state index is 0.122. The Morgan fingerprint density at radius 1 is 1.56 bits per heavy atom. The van der Waals surface area contributed by atoms with Crippen molar-refractivity contribution in [3.63, 3.8) is 0 Å². The summed E-state index contributed by atoms with van der Waals surface area (Å²) >= 11 is 0. The van der Waals surface area contributed by atoms with E-state index in [0.29, 0.717) is 12.4 Å². The molecule has 0 aliphatic carbocycles. The first-order chi connectivity index (χ1) is 8.51. The highest BCUT2D eigenvalue weighted by Gasteiger charge is 2.19. The Balaban J connectivity index is 2.91. The van der Waals surface area contributed by atoms with Crippen LogP contribution in [0.3, 0.4) is 0 Å². The number of ether oxygens (including phenoxy) is 2. The largest absolute Gasteiger partial charge is 0.489 e. The monoisotopic (exact) mass is 255 g/mol. The van der Waals surface area contributed by atoms with E-state index < -0.39 is 0 Å². The second-order valence-corrected chi connectivity index (χ2v) is 3.89. The molecule has 0 aliphatic heterocycles. The van der Waals surface area contributed by atoms with Gasteiger partial charge in [-0.3, -0.25) is 9.59 Å². The van der Waals surface area contributed by atoms with Crippen molar-refractivity contribution in [2.45, 2.75) is 6.92 Å². The van der Waals surface area contributed by atoms with E-state index in [1.807, 2.05) is 0 Å². The van der Waals surface area contributed by atoms with Crippen LogP contribution < -0.4 is 15.2 Å². The van der Waals surface area contributed by atoms with Crippen molar-refractivity contribution in [3.8, 4) is 5.75 Å². The number of H-pyrrole nitrogens is 1. The van der Waals surface area contributed by atoms with Gasteiger partial charge in [-0.15, -0.1) is 0 Å². The van der Waals surface area contributed by atoms with Crippen LogP contribution in [-0.4, -0.2) is 43.7 Å². The van der Waals surface area contributed by atoms with Crippen LogP contribution in [-0.2, 0) is 9.53 Å². The summed E-state index contributed by atoms with van der Waals surface area (Å²) < 4.78 is 9.65. The minimum Gasteiger partial charge on any atom is -0.489 e. The molecule has 0 saturated carbocycles. The van der Waals surface area contributed by atoms with Gasteiger partial charge in [-0.1, -0.05) is 6.92 Å². The summed E-state index contributed by atoms with van der Waals surface area (Å²) in [6.45, 7) is 2.11. The Labute approximate surface area is 105 Å². The van der Waals surface area contributed by atoms with E-state index in [0.717, 1.165) is 0 Å². The van der Waals surface area contributed by atoms with Gasteiger partial charge < -0.3 is 19.4 Å². The van der Waals surface area contributed by atoms with Crippen molar-refractivity contribution in [1.82, 2.24) is 9.97 Å². The summed E-state index contributed by atoms with van der Waals surface area (Å²) in [6.07, 6.45) is 1.29. The molecule has 0 fully saturated rings. The molecule has 1 aromatic rings. The maximum atomic E-state index is 11.5. The van der Waals surface area contributed by atoms with Crippen molar-refractivity contribution in [1.29, 1.82) is 0 Å². The van der Waals surface area contributed by atoms with Crippen LogP contribution in [0, 0.1) is 5.92 Å². The molecule has 7 heteroatoms. The number of anilines is 1. The molecule has 0 bridgehead atoms. The smallest absolute Gasteiger partial charge is 0.310 e. The Morgan fingerprint density at radius 2 is 2.22 bits per heavy atom. The van der Waals surface area contributed by atoms with Crippen LogP contribution >= 0.6 is 0 Å². The highest BCUT2D eigenvalue weighted by atomic mass is 16.5. The third kappa shape index (κ3) is 2.99. The second-order valence-electron chi connectivity index (χ2n) is 3.89. The molecule has 1 aromatic heterocycles. The number of rotatable bonds is 5. The van der Waals surface area contributed by atoms with Crippen molar-refractivity contribution in [2.75, 3.05) is 32.7 Å². The minimum atomic E-state index is -0.361. The topological polar surface area (TPSA) is 84.5 Å². The Hall–Kier alpha value is -2.05. The molecule has 18 heavy (non-hydrogen) atoms. The van der Waals surface area contributed by atoms with Gasteiger partial charge in [0.1, 0.15) is 0 Å². The SMILES string of the molecule is COC(=O)C(C)CN(C)c1nc[nH]c(=O)c1OC. The molecule has 0 spiro atoms. The van der Waals surface area contributed by atoms with Gasteiger partial charge in [-0.05, 0) is 0 Å². The van der Waals surface area contributed by atoms with Crippen LogP contribution in [0.4, 0.5) is 5.82 Å². The molecule has 0 amide bonds. The fraction of sp³-hybridized carbons (Fsp3) is 0.545. The maximum absolute atomic E-state index is 11.5. The highest BCUT2D eigenvalue weighted by Crippen LogP contribution is 2.19. The zero-order chi connectivity index (χ0) is 13.7. The first-order valence-electron chi connectivity index (χ1n) is 5.41. The normalized spacial score (nSPS) is 11.8. The fourth-order valence-corrected chi connectivity index (χ4v) is 1.61. The first kappa shape index (κ1) is 14.0. The molecule has 7 nitrogen and oxygen atoms in total. The lowest BCUT2D eigenvalue weighted by Crippen LogP contribution is -2.31. The number of hydrogen-bond acceptors (Lipinski definition) is 6. The van der Waals surface area contributed by atoms with Crippen LogP contribution in [0.2, 0.25) is 0 Å². The van der Waals surface area contributed by atoms with Gasteiger partial charge >= 0.3 is 5.97 Å². The number of aromatic amines is 1. The van der Waals surface area contributed by atoms with Crippen molar-refractivity contribution in [2.24, 2.45) is 5.92 Å². The second kappa shape index (κ2) is 6.04. The van der Waals surface area contributed by atoms with Gasteiger partial charge in [-0.2, -0.15) is 0 Å². The summed E-state index contributed by atoms with van der Waals surface area (Å²) in [5.74, 6) is -0.134. The maximum Gasteiger partial charge on any atom is 0.310 e. The van der Waals surface area contributed by atoms with E-state index >= 15 is 0 Å². The highest BCUT2D eigenvalue weighted by molar-refractivity contribution is 5.72. The predicted molar refractivity (Wildman–Crippen MR) is 65.9 cm³/mol. The molecule has 100 valence electrons. The van der Waals surface area contributed by atoms with Crippen LogP contribution in [0.1, 0.15) is 6.92 Å². The third-order valence-corrected chi connectivity index (χ3v) is 2.51. The Morgan fingerprint density at radius 3 is 2.78 bits per heavy atom. The van der Waals surface area contributed by atoms with E-state index in [2.05, 4.69) is 14.7 Å². The number of aromatic nitrogens is 2. The number of nitrogens with one attached hydrogen (secondary N) is 1. The first-order valence-corrected chi connectivity index (χ1v) is 5.41. The predicted octanol–water partition coefficient (Wildman–Crippen LogP) is 0.0238. The number of carbonyl (C=O) groups is 1. The van der Waals surface area contributed by atoms with Gasteiger partial charge in [0.05, 0.1) is 26.5 Å². The lowest BCUT2D eigenvalue weighted by Gasteiger charge is -2.22. The Kier molecular flexibility index (Phi) is 4.70. The molecule has 0 aliphatic rings. The summed E-state index contributed by atoms with van der Waals surface area (Å²) in [7, 11) is 4.46. The fourth-order valence-electron chi connectivity index (χ4n) is 1.61. The Bertz CT molecular complexity index is 472. The quantitative estimate of drug-likeness (QED) is 0.747. The molecule has 1 rings (SSSR count).